The molecule has 3 aromatic carbocycles. The summed E-state index contributed by atoms with van der Waals surface area (Å²) in [6.45, 7) is 6.55. The predicted molar refractivity (Wildman–Crippen MR) is 113 cm³/mol. The maximum atomic E-state index is 12.2. The Morgan fingerprint density at radius 3 is 2.18 bits per heavy atom. The summed E-state index contributed by atoms with van der Waals surface area (Å²) in [7, 11) is 3.20. The molecule has 5 nitrogen and oxygen atoms in total. The zero-order chi connectivity index (χ0) is 20.4. The molecule has 0 fully saturated rings. The molecule has 0 aliphatic carbocycles. The molecule has 0 saturated heterocycles. The van der Waals surface area contributed by atoms with E-state index in [9.17, 15) is 9.59 Å². The number of aryl methyl sites for hydroxylation is 3. The Morgan fingerprint density at radius 1 is 0.821 bits per heavy atom. The lowest BCUT2D eigenvalue weighted by atomic mass is 9.91. The van der Waals surface area contributed by atoms with Gasteiger partial charge in [0.25, 0.3) is 0 Å². The van der Waals surface area contributed by atoms with E-state index in [0.29, 0.717) is 35.7 Å². The standard InChI is InChI=1S/C23H25NO4/c1-13-10-15(3)17(11-14(13)2)20-21(23(26)22(20)25)24-9-8-16-6-7-18(27-4)19(12-16)28-5/h6-7,10-12,24H,8-9H2,1-5H3. The fraction of sp³-hybridized carbons (Fsp3) is 0.304. The van der Waals surface area contributed by atoms with Crippen LogP contribution in [-0.2, 0) is 6.42 Å². The van der Waals surface area contributed by atoms with Crippen LogP contribution >= 0.6 is 0 Å². The van der Waals surface area contributed by atoms with E-state index in [1.54, 1.807) is 14.2 Å². The molecule has 0 saturated carbocycles. The van der Waals surface area contributed by atoms with Crippen LogP contribution in [-0.4, -0.2) is 20.8 Å². The maximum absolute atomic E-state index is 12.2. The van der Waals surface area contributed by atoms with Gasteiger partial charge in [0, 0.05) is 6.54 Å². The van der Waals surface area contributed by atoms with Crippen LogP contribution < -0.4 is 25.6 Å². The average Bonchev–Trinajstić information content (AvgIpc) is 2.70. The van der Waals surface area contributed by atoms with Crippen molar-refractivity contribution in [1.29, 1.82) is 0 Å². The van der Waals surface area contributed by atoms with Crippen molar-refractivity contribution in [2.24, 2.45) is 0 Å². The first-order valence-corrected chi connectivity index (χ1v) is 9.23. The van der Waals surface area contributed by atoms with Crippen LogP contribution in [0.3, 0.4) is 0 Å². The van der Waals surface area contributed by atoms with E-state index in [0.717, 1.165) is 22.3 Å². The molecule has 0 aliphatic rings. The molecular weight excluding hydrogens is 354 g/mol. The molecule has 0 unspecified atom stereocenters. The Balaban J connectivity index is 1.79. The van der Waals surface area contributed by atoms with Crippen molar-refractivity contribution in [2.45, 2.75) is 27.2 Å². The van der Waals surface area contributed by atoms with Gasteiger partial charge in [-0.15, -0.1) is 0 Å². The first-order chi connectivity index (χ1) is 13.4. The number of hydrogen-bond donors (Lipinski definition) is 1. The van der Waals surface area contributed by atoms with E-state index in [1.165, 1.54) is 5.56 Å². The highest BCUT2D eigenvalue weighted by molar-refractivity contribution is 5.84. The summed E-state index contributed by atoms with van der Waals surface area (Å²) in [5.74, 6) is 1.34. The minimum atomic E-state index is -0.445. The van der Waals surface area contributed by atoms with Gasteiger partial charge in [0.05, 0.1) is 25.5 Å². The summed E-state index contributed by atoms with van der Waals surface area (Å²) in [6, 6.07) is 9.77. The van der Waals surface area contributed by atoms with E-state index < -0.39 is 10.9 Å². The van der Waals surface area contributed by atoms with Crippen molar-refractivity contribution in [3.63, 3.8) is 0 Å². The zero-order valence-corrected chi connectivity index (χ0v) is 16.9. The molecule has 0 heterocycles. The van der Waals surface area contributed by atoms with Gasteiger partial charge in [-0.2, -0.15) is 0 Å². The zero-order valence-electron chi connectivity index (χ0n) is 16.9. The van der Waals surface area contributed by atoms with Gasteiger partial charge in [0.15, 0.2) is 11.5 Å². The summed E-state index contributed by atoms with van der Waals surface area (Å²) < 4.78 is 10.6. The molecule has 0 amide bonds. The molecule has 3 aromatic rings. The average molecular weight is 379 g/mol. The molecule has 3 rings (SSSR count). The lowest BCUT2D eigenvalue weighted by molar-refractivity contribution is 0.354. The lowest BCUT2D eigenvalue weighted by Crippen LogP contribution is -2.36. The van der Waals surface area contributed by atoms with Gasteiger partial charge in [0.2, 0.25) is 10.9 Å². The maximum Gasteiger partial charge on any atom is 0.250 e. The first kappa shape index (κ1) is 19.7. The van der Waals surface area contributed by atoms with Gasteiger partial charge in [-0.1, -0.05) is 18.2 Å². The van der Waals surface area contributed by atoms with Gasteiger partial charge in [-0.05, 0) is 67.1 Å². The highest BCUT2D eigenvalue weighted by Gasteiger charge is 2.23. The van der Waals surface area contributed by atoms with Crippen molar-refractivity contribution in [3.8, 4) is 22.6 Å². The quantitative estimate of drug-likeness (QED) is 0.636. The normalized spacial score (nSPS) is 10.9. The fourth-order valence-electron chi connectivity index (χ4n) is 3.42. The largest absolute Gasteiger partial charge is 0.493 e. The van der Waals surface area contributed by atoms with E-state index in [2.05, 4.69) is 11.4 Å². The Kier molecular flexibility index (Phi) is 5.54. The van der Waals surface area contributed by atoms with Crippen molar-refractivity contribution in [1.82, 2.24) is 0 Å². The summed E-state index contributed by atoms with van der Waals surface area (Å²) in [4.78, 5) is 24.4. The van der Waals surface area contributed by atoms with Gasteiger partial charge in [-0.3, -0.25) is 9.59 Å². The van der Waals surface area contributed by atoms with E-state index >= 15 is 0 Å². The molecule has 0 atom stereocenters. The van der Waals surface area contributed by atoms with Crippen molar-refractivity contribution in [3.05, 3.63) is 73.0 Å². The minimum Gasteiger partial charge on any atom is -0.493 e. The molecule has 1 N–H and O–H groups in total. The Morgan fingerprint density at radius 2 is 1.50 bits per heavy atom. The number of ether oxygens (including phenoxy) is 2. The van der Waals surface area contributed by atoms with Crippen LogP contribution in [0.1, 0.15) is 22.3 Å². The summed E-state index contributed by atoms with van der Waals surface area (Å²) >= 11 is 0. The second-order valence-corrected chi connectivity index (χ2v) is 7.03. The van der Waals surface area contributed by atoms with Crippen molar-refractivity contribution >= 4 is 5.69 Å². The topological polar surface area (TPSA) is 64.6 Å². The van der Waals surface area contributed by atoms with Crippen LogP contribution in [0.5, 0.6) is 11.5 Å². The third-order valence-electron chi connectivity index (χ3n) is 5.18. The first-order valence-electron chi connectivity index (χ1n) is 9.23. The summed E-state index contributed by atoms with van der Waals surface area (Å²) in [5, 5.41) is 3.16. The second kappa shape index (κ2) is 7.89. The molecule has 0 aliphatic heterocycles. The minimum absolute atomic E-state index is 0.414. The van der Waals surface area contributed by atoms with Crippen molar-refractivity contribution < 1.29 is 9.47 Å². The third-order valence-corrected chi connectivity index (χ3v) is 5.18. The number of benzene rings is 2. The van der Waals surface area contributed by atoms with E-state index in [4.69, 9.17) is 9.47 Å². The monoisotopic (exact) mass is 379 g/mol. The van der Waals surface area contributed by atoms with Crippen LogP contribution in [0.15, 0.2) is 39.9 Å². The number of nitrogens with one attached hydrogen (secondary N) is 1. The summed E-state index contributed by atoms with van der Waals surface area (Å²) in [6.07, 6.45) is 0.685. The molecule has 146 valence electrons. The number of rotatable bonds is 7. The fourth-order valence-corrected chi connectivity index (χ4v) is 3.42. The Bertz CT molecular complexity index is 1090. The van der Waals surface area contributed by atoms with Gasteiger partial charge in [-0.25, -0.2) is 0 Å². The van der Waals surface area contributed by atoms with E-state index in [1.807, 2.05) is 45.0 Å². The van der Waals surface area contributed by atoms with Gasteiger partial charge < -0.3 is 14.8 Å². The Hall–Kier alpha value is -3.08. The third kappa shape index (κ3) is 3.52. The number of methoxy groups -OCH3 is 2. The molecule has 0 spiro atoms. The molecule has 0 bridgehead atoms. The van der Waals surface area contributed by atoms with E-state index in [-0.39, 0.29) is 0 Å². The lowest BCUT2D eigenvalue weighted by Gasteiger charge is -2.17. The van der Waals surface area contributed by atoms with Crippen LogP contribution in [0.2, 0.25) is 0 Å². The van der Waals surface area contributed by atoms with Crippen LogP contribution in [0.25, 0.3) is 11.1 Å². The highest BCUT2D eigenvalue weighted by Crippen LogP contribution is 2.30. The van der Waals surface area contributed by atoms with Crippen molar-refractivity contribution in [2.75, 3.05) is 26.1 Å². The SMILES string of the molecule is COc1ccc(CCNc2c(-c3cc(C)c(C)cc3C)c(=O)c2=O)cc1OC. The predicted octanol–water partition coefficient (Wildman–Crippen LogP) is 3.55. The van der Waals surface area contributed by atoms with Crippen LogP contribution in [0, 0.1) is 20.8 Å². The molecule has 0 aromatic heterocycles. The molecular formula is C23H25NO4. The number of hydrogen-bond acceptors (Lipinski definition) is 5. The molecule has 5 heteroatoms. The summed E-state index contributed by atoms with van der Waals surface area (Å²) in [5.41, 5.74) is 5.20. The molecule has 28 heavy (non-hydrogen) atoms. The second-order valence-electron chi connectivity index (χ2n) is 7.03. The Labute approximate surface area is 164 Å². The van der Waals surface area contributed by atoms with Gasteiger partial charge >= 0.3 is 0 Å². The van der Waals surface area contributed by atoms with Crippen LogP contribution in [0.4, 0.5) is 5.69 Å². The smallest absolute Gasteiger partial charge is 0.250 e. The number of anilines is 1. The highest BCUT2D eigenvalue weighted by atomic mass is 16.5. The molecule has 0 radical (unpaired) electrons. The van der Waals surface area contributed by atoms with Gasteiger partial charge in [0.1, 0.15) is 0 Å².